The molecule has 0 spiro atoms. The van der Waals surface area contributed by atoms with Gasteiger partial charge in [0.05, 0.1) is 11.0 Å². The van der Waals surface area contributed by atoms with Crippen LogP contribution in [-0.4, -0.2) is 21.2 Å². The molecule has 0 fully saturated rings. The molecular weight excluding hydrogens is 368 g/mol. The number of halogens is 1. The van der Waals surface area contributed by atoms with Crippen molar-refractivity contribution in [2.24, 2.45) is 0 Å². The van der Waals surface area contributed by atoms with Crippen LogP contribution in [0.4, 0.5) is 4.79 Å². The fourth-order valence-corrected chi connectivity index (χ4v) is 2.97. The number of nitrogens with zero attached hydrogens (tertiary/aromatic N) is 2. The van der Waals surface area contributed by atoms with E-state index in [0.717, 1.165) is 23.2 Å². The van der Waals surface area contributed by atoms with Crippen LogP contribution in [0.25, 0.3) is 11.0 Å². The summed E-state index contributed by atoms with van der Waals surface area (Å²) in [6.45, 7) is 5.69. The molecule has 0 saturated heterocycles. The number of pyridine rings is 2. The predicted octanol–water partition coefficient (Wildman–Crippen LogP) is 5.45. The molecule has 0 aliphatic heterocycles. The number of aryl methyl sites for hydroxylation is 2. The Morgan fingerprint density at radius 3 is 2.52 bits per heavy atom. The van der Waals surface area contributed by atoms with Crippen molar-refractivity contribution in [2.45, 2.75) is 33.8 Å². The molecule has 0 atom stereocenters. The molecule has 7 heteroatoms. The van der Waals surface area contributed by atoms with Crippen LogP contribution in [0.5, 0.6) is 11.6 Å². The standard InChI is InChI=1S/C20H19ClN2O4/c1-4-16-12(3)15(10-26-20(24)25)18-17(22-16)9-11(2)19(23-18)27-14-7-5-13(21)6-8-14/h5-9H,4,10H2,1-3H3,(H,24,25). The summed E-state index contributed by atoms with van der Waals surface area (Å²) in [6.07, 6.45) is -0.605. The lowest BCUT2D eigenvalue weighted by atomic mass is 10.0. The molecule has 1 N–H and O–H groups in total. The second-order valence-electron chi connectivity index (χ2n) is 6.10. The second kappa shape index (κ2) is 7.80. The van der Waals surface area contributed by atoms with E-state index in [0.29, 0.717) is 33.2 Å². The van der Waals surface area contributed by atoms with Gasteiger partial charge >= 0.3 is 6.16 Å². The van der Waals surface area contributed by atoms with Gasteiger partial charge in [0.1, 0.15) is 12.4 Å². The highest BCUT2D eigenvalue weighted by atomic mass is 35.5. The van der Waals surface area contributed by atoms with Crippen molar-refractivity contribution < 1.29 is 19.4 Å². The maximum atomic E-state index is 10.9. The third-order valence-electron chi connectivity index (χ3n) is 4.28. The topological polar surface area (TPSA) is 81.5 Å². The number of rotatable bonds is 5. The molecule has 0 unspecified atom stereocenters. The summed E-state index contributed by atoms with van der Waals surface area (Å²) in [5.41, 5.74) is 4.53. The summed E-state index contributed by atoms with van der Waals surface area (Å²) in [5.74, 6) is 1.03. The fraction of sp³-hybridized carbons (Fsp3) is 0.250. The predicted molar refractivity (Wildman–Crippen MR) is 103 cm³/mol. The number of benzene rings is 1. The van der Waals surface area contributed by atoms with E-state index in [9.17, 15) is 4.79 Å². The Morgan fingerprint density at radius 1 is 1.19 bits per heavy atom. The van der Waals surface area contributed by atoms with Crippen LogP contribution in [-0.2, 0) is 17.8 Å². The number of hydrogen-bond acceptors (Lipinski definition) is 5. The Balaban J connectivity index is 2.11. The van der Waals surface area contributed by atoms with Gasteiger partial charge in [0.2, 0.25) is 5.88 Å². The zero-order valence-electron chi connectivity index (χ0n) is 15.2. The van der Waals surface area contributed by atoms with E-state index < -0.39 is 6.16 Å². The minimum atomic E-state index is -1.33. The highest BCUT2D eigenvalue weighted by Crippen LogP contribution is 2.30. The first-order valence-corrected chi connectivity index (χ1v) is 8.85. The minimum absolute atomic E-state index is 0.0936. The van der Waals surface area contributed by atoms with E-state index in [-0.39, 0.29) is 6.61 Å². The molecule has 2 heterocycles. The van der Waals surface area contributed by atoms with Crippen molar-refractivity contribution >= 4 is 28.8 Å². The van der Waals surface area contributed by atoms with Gasteiger partial charge in [0, 0.05) is 21.8 Å². The maximum absolute atomic E-state index is 10.9. The molecule has 0 aliphatic rings. The van der Waals surface area contributed by atoms with Gasteiger partial charge in [0.25, 0.3) is 0 Å². The Bertz CT molecular complexity index is 1000. The summed E-state index contributed by atoms with van der Waals surface area (Å²) in [6, 6.07) is 8.87. The number of aromatic nitrogens is 2. The summed E-state index contributed by atoms with van der Waals surface area (Å²) in [5, 5.41) is 9.50. The molecule has 2 aromatic heterocycles. The molecule has 27 heavy (non-hydrogen) atoms. The van der Waals surface area contributed by atoms with E-state index in [1.807, 2.05) is 26.8 Å². The first-order chi connectivity index (χ1) is 12.9. The zero-order chi connectivity index (χ0) is 19.6. The molecule has 0 saturated carbocycles. The SMILES string of the molecule is CCc1nc2cc(C)c(Oc3ccc(Cl)cc3)nc2c(COC(=O)O)c1C. The number of hydrogen-bond donors (Lipinski definition) is 1. The van der Waals surface area contributed by atoms with Crippen LogP contribution in [0.2, 0.25) is 5.02 Å². The minimum Gasteiger partial charge on any atom is -0.450 e. The first kappa shape index (κ1) is 18.9. The van der Waals surface area contributed by atoms with Crippen LogP contribution in [0.15, 0.2) is 30.3 Å². The van der Waals surface area contributed by atoms with Crippen LogP contribution in [0.1, 0.15) is 29.3 Å². The smallest absolute Gasteiger partial charge is 0.450 e. The lowest BCUT2D eigenvalue weighted by molar-refractivity contribution is 0.0855. The van der Waals surface area contributed by atoms with Crippen molar-refractivity contribution in [1.29, 1.82) is 0 Å². The summed E-state index contributed by atoms with van der Waals surface area (Å²) >= 11 is 5.91. The molecule has 3 rings (SSSR count). The largest absolute Gasteiger partial charge is 0.506 e. The lowest BCUT2D eigenvalue weighted by Crippen LogP contribution is -2.07. The molecule has 140 valence electrons. The van der Waals surface area contributed by atoms with E-state index in [1.165, 1.54) is 0 Å². The maximum Gasteiger partial charge on any atom is 0.506 e. The zero-order valence-corrected chi connectivity index (χ0v) is 16.0. The van der Waals surface area contributed by atoms with Gasteiger partial charge in [-0.1, -0.05) is 18.5 Å². The molecule has 1 aromatic carbocycles. The monoisotopic (exact) mass is 386 g/mol. The Morgan fingerprint density at radius 2 is 1.89 bits per heavy atom. The van der Waals surface area contributed by atoms with E-state index in [1.54, 1.807) is 24.3 Å². The third kappa shape index (κ3) is 4.11. The number of carbonyl (C=O) groups is 1. The molecule has 6 nitrogen and oxygen atoms in total. The lowest BCUT2D eigenvalue weighted by Gasteiger charge is -2.15. The summed E-state index contributed by atoms with van der Waals surface area (Å²) in [4.78, 5) is 20.1. The highest BCUT2D eigenvalue weighted by Gasteiger charge is 2.16. The van der Waals surface area contributed by atoms with Crippen molar-refractivity contribution in [3.63, 3.8) is 0 Å². The van der Waals surface area contributed by atoms with E-state index >= 15 is 0 Å². The summed E-state index contributed by atoms with van der Waals surface area (Å²) < 4.78 is 10.7. The van der Waals surface area contributed by atoms with Crippen molar-refractivity contribution in [3.8, 4) is 11.6 Å². The fourth-order valence-electron chi connectivity index (χ4n) is 2.84. The molecular formula is C20H19ClN2O4. The van der Waals surface area contributed by atoms with Gasteiger partial charge in [-0.25, -0.2) is 9.78 Å². The average molecular weight is 387 g/mol. The van der Waals surface area contributed by atoms with Crippen molar-refractivity contribution in [3.05, 3.63) is 57.7 Å². The van der Waals surface area contributed by atoms with Gasteiger partial charge in [-0.2, -0.15) is 0 Å². The molecule has 0 bridgehead atoms. The quantitative estimate of drug-likeness (QED) is 0.587. The average Bonchev–Trinajstić information content (AvgIpc) is 2.63. The van der Waals surface area contributed by atoms with Gasteiger partial charge in [-0.15, -0.1) is 0 Å². The van der Waals surface area contributed by atoms with Gasteiger partial charge in [-0.05, 0) is 56.2 Å². The Hall–Kier alpha value is -2.86. The highest BCUT2D eigenvalue weighted by molar-refractivity contribution is 6.30. The number of ether oxygens (including phenoxy) is 2. The van der Waals surface area contributed by atoms with E-state index in [4.69, 9.17) is 26.2 Å². The molecule has 3 aromatic rings. The molecule has 0 aliphatic carbocycles. The third-order valence-corrected chi connectivity index (χ3v) is 4.53. The van der Waals surface area contributed by atoms with Gasteiger partial charge in [-0.3, -0.25) is 4.98 Å². The normalized spacial score (nSPS) is 10.8. The van der Waals surface area contributed by atoms with Gasteiger partial charge in [0.15, 0.2) is 0 Å². The van der Waals surface area contributed by atoms with Crippen LogP contribution in [0, 0.1) is 13.8 Å². The Kier molecular flexibility index (Phi) is 5.46. The van der Waals surface area contributed by atoms with E-state index in [2.05, 4.69) is 9.97 Å². The van der Waals surface area contributed by atoms with Crippen LogP contribution in [0.3, 0.4) is 0 Å². The number of fused-ring (bicyclic) bond motifs is 1. The second-order valence-corrected chi connectivity index (χ2v) is 6.54. The van der Waals surface area contributed by atoms with Crippen molar-refractivity contribution in [1.82, 2.24) is 9.97 Å². The molecule has 0 radical (unpaired) electrons. The number of carboxylic acid groups (broad SMARTS) is 1. The van der Waals surface area contributed by atoms with Crippen molar-refractivity contribution in [2.75, 3.05) is 0 Å². The Labute approximate surface area is 161 Å². The van der Waals surface area contributed by atoms with Crippen LogP contribution < -0.4 is 4.74 Å². The summed E-state index contributed by atoms with van der Waals surface area (Å²) in [7, 11) is 0. The van der Waals surface area contributed by atoms with Gasteiger partial charge < -0.3 is 14.6 Å². The molecule has 0 amide bonds. The first-order valence-electron chi connectivity index (χ1n) is 8.48. The van der Waals surface area contributed by atoms with Crippen LogP contribution >= 0.6 is 11.6 Å².